The number of nitrogens with one attached hydrogen (secondary N) is 1. The molecule has 0 spiro atoms. The number of halogens is 1. The Kier molecular flexibility index (Phi) is 4.12. The van der Waals surface area contributed by atoms with Gasteiger partial charge in [-0.05, 0) is 36.5 Å². The van der Waals surface area contributed by atoms with Crippen LogP contribution in [0.4, 0.5) is 0 Å². The average Bonchev–Trinajstić information content (AvgIpc) is 2.96. The van der Waals surface area contributed by atoms with Gasteiger partial charge in [0.1, 0.15) is 5.75 Å². The lowest BCUT2D eigenvalue weighted by atomic mass is 9.82. The van der Waals surface area contributed by atoms with Crippen LogP contribution in [0, 0.1) is 17.8 Å². The van der Waals surface area contributed by atoms with E-state index in [-0.39, 0.29) is 28.6 Å². The molecule has 1 amide bonds. The molecule has 22 heavy (non-hydrogen) atoms. The van der Waals surface area contributed by atoms with E-state index >= 15 is 0 Å². The molecule has 2 N–H and O–H groups in total. The molecule has 3 rings (SSSR count). The lowest BCUT2D eigenvalue weighted by molar-refractivity contribution is -0.145. The maximum absolute atomic E-state index is 11.7. The van der Waals surface area contributed by atoms with E-state index in [0.29, 0.717) is 12.8 Å². The van der Waals surface area contributed by atoms with E-state index in [1.807, 2.05) is 24.3 Å². The first-order valence-corrected chi connectivity index (χ1v) is 8.23. The van der Waals surface area contributed by atoms with Gasteiger partial charge in [-0.25, -0.2) is 0 Å². The van der Waals surface area contributed by atoms with Crippen LogP contribution in [0.5, 0.6) is 5.75 Å². The molecule has 2 fully saturated rings. The Hall–Kier alpha value is -1.56. The molecule has 1 saturated carbocycles. The molecule has 5 atom stereocenters. The number of methoxy groups -OCH3 is 1. The third-order valence-corrected chi connectivity index (χ3v) is 6.02. The number of carboxylic acid groups (broad SMARTS) is 1. The quantitative estimate of drug-likeness (QED) is 0.778. The zero-order valence-corrected chi connectivity index (χ0v) is 13.7. The molecule has 1 heterocycles. The zero-order chi connectivity index (χ0) is 15.9. The molecule has 0 radical (unpaired) electrons. The molecule has 2 aliphatic rings. The predicted molar refractivity (Wildman–Crippen MR) is 84.1 cm³/mol. The summed E-state index contributed by atoms with van der Waals surface area (Å²) in [4.78, 5) is 23.5. The van der Waals surface area contributed by atoms with Crippen molar-refractivity contribution >= 4 is 27.8 Å². The lowest BCUT2D eigenvalue weighted by Gasteiger charge is -2.28. The molecule has 1 aromatic carbocycles. The second-order valence-corrected chi connectivity index (χ2v) is 7.04. The van der Waals surface area contributed by atoms with E-state index in [1.54, 1.807) is 7.11 Å². The SMILES string of the molecule is COc1ccc(CC(C(=O)O)[C@@H]2C[C@@H]3C(=O)NC2[C@@H]3Br)cc1. The van der Waals surface area contributed by atoms with Gasteiger partial charge in [-0.1, -0.05) is 28.1 Å². The van der Waals surface area contributed by atoms with Gasteiger partial charge in [0, 0.05) is 10.9 Å². The van der Waals surface area contributed by atoms with Crippen molar-refractivity contribution in [1.82, 2.24) is 5.32 Å². The van der Waals surface area contributed by atoms with Crippen molar-refractivity contribution in [3.63, 3.8) is 0 Å². The fourth-order valence-electron chi connectivity index (χ4n) is 3.62. The number of aliphatic carboxylic acids is 1. The summed E-state index contributed by atoms with van der Waals surface area (Å²) in [5, 5.41) is 12.5. The van der Waals surface area contributed by atoms with Gasteiger partial charge in [0.25, 0.3) is 0 Å². The molecule has 118 valence electrons. The van der Waals surface area contributed by atoms with Crippen LogP contribution >= 0.6 is 15.9 Å². The van der Waals surface area contributed by atoms with Crippen molar-refractivity contribution in [3.8, 4) is 5.75 Å². The van der Waals surface area contributed by atoms with Gasteiger partial charge >= 0.3 is 5.97 Å². The number of carbonyl (C=O) groups is 2. The van der Waals surface area contributed by atoms with Crippen LogP contribution in [0.2, 0.25) is 0 Å². The van der Waals surface area contributed by atoms with Crippen LogP contribution in [-0.4, -0.2) is 35.0 Å². The number of hydrogen-bond acceptors (Lipinski definition) is 3. The monoisotopic (exact) mass is 367 g/mol. The van der Waals surface area contributed by atoms with Crippen molar-refractivity contribution in [2.45, 2.75) is 23.7 Å². The van der Waals surface area contributed by atoms with E-state index in [9.17, 15) is 14.7 Å². The molecule has 1 saturated heterocycles. The molecular weight excluding hydrogens is 350 g/mol. The first-order valence-electron chi connectivity index (χ1n) is 7.31. The van der Waals surface area contributed by atoms with E-state index in [1.165, 1.54) is 0 Å². The Morgan fingerprint density at radius 3 is 2.59 bits per heavy atom. The second kappa shape index (κ2) is 5.91. The summed E-state index contributed by atoms with van der Waals surface area (Å²) < 4.78 is 5.12. The van der Waals surface area contributed by atoms with E-state index in [0.717, 1.165) is 11.3 Å². The highest BCUT2D eigenvalue weighted by Crippen LogP contribution is 2.45. The van der Waals surface area contributed by atoms with Crippen LogP contribution < -0.4 is 10.1 Å². The van der Waals surface area contributed by atoms with Gasteiger partial charge in [0.15, 0.2) is 0 Å². The number of ether oxygens (including phenoxy) is 1. The highest BCUT2D eigenvalue weighted by molar-refractivity contribution is 9.09. The van der Waals surface area contributed by atoms with Crippen molar-refractivity contribution in [2.24, 2.45) is 17.8 Å². The Bertz CT molecular complexity index is 588. The first-order chi connectivity index (χ1) is 10.5. The molecule has 5 nitrogen and oxygen atoms in total. The minimum atomic E-state index is -0.803. The van der Waals surface area contributed by atoms with Crippen LogP contribution in [0.15, 0.2) is 24.3 Å². The van der Waals surface area contributed by atoms with Gasteiger partial charge in [0.2, 0.25) is 5.91 Å². The fourth-order valence-corrected chi connectivity index (χ4v) is 4.60. The number of alkyl halides is 1. The van der Waals surface area contributed by atoms with E-state index < -0.39 is 11.9 Å². The number of amides is 1. The summed E-state index contributed by atoms with van der Waals surface area (Å²) in [6.07, 6.45) is 1.10. The van der Waals surface area contributed by atoms with Crippen LogP contribution in [0.25, 0.3) is 0 Å². The molecule has 1 aliphatic heterocycles. The summed E-state index contributed by atoms with van der Waals surface area (Å²) in [6, 6.07) is 7.38. The Balaban J connectivity index is 1.76. The third-order valence-electron chi connectivity index (χ3n) is 4.81. The van der Waals surface area contributed by atoms with Crippen LogP contribution in [0.3, 0.4) is 0 Å². The molecule has 2 unspecified atom stereocenters. The summed E-state index contributed by atoms with van der Waals surface area (Å²) >= 11 is 3.54. The smallest absolute Gasteiger partial charge is 0.307 e. The number of benzene rings is 1. The van der Waals surface area contributed by atoms with Crippen molar-refractivity contribution in [3.05, 3.63) is 29.8 Å². The van der Waals surface area contributed by atoms with Gasteiger partial charge < -0.3 is 15.2 Å². The first kappa shape index (κ1) is 15.3. The normalized spacial score (nSPS) is 30.9. The van der Waals surface area contributed by atoms with Gasteiger partial charge in [-0.3, -0.25) is 9.59 Å². The fraction of sp³-hybridized carbons (Fsp3) is 0.500. The number of hydrogen-bond donors (Lipinski definition) is 2. The van der Waals surface area contributed by atoms with Gasteiger partial charge in [-0.2, -0.15) is 0 Å². The molecule has 1 aliphatic carbocycles. The Labute approximate surface area is 137 Å². The molecule has 0 aromatic heterocycles. The van der Waals surface area contributed by atoms with Crippen LogP contribution in [-0.2, 0) is 16.0 Å². The van der Waals surface area contributed by atoms with Crippen molar-refractivity contribution < 1.29 is 19.4 Å². The zero-order valence-electron chi connectivity index (χ0n) is 12.2. The predicted octanol–water partition coefficient (Wildman–Crippen LogP) is 1.84. The van der Waals surface area contributed by atoms with Gasteiger partial charge in [0.05, 0.1) is 18.9 Å². The minimum Gasteiger partial charge on any atom is -0.497 e. The number of carboxylic acids is 1. The van der Waals surface area contributed by atoms with Crippen LogP contribution in [0.1, 0.15) is 12.0 Å². The van der Waals surface area contributed by atoms with E-state index in [2.05, 4.69) is 21.2 Å². The summed E-state index contributed by atoms with van der Waals surface area (Å²) in [7, 11) is 1.60. The Morgan fingerprint density at radius 2 is 2.14 bits per heavy atom. The number of piperidine rings is 1. The number of rotatable bonds is 5. The molecule has 2 bridgehead atoms. The lowest BCUT2D eigenvalue weighted by Crippen LogP contribution is -2.43. The number of fused-ring (bicyclic) bond motifs is 2. The second-order valence-electron chi connectivity index (χ2n) is 5.98. The van der Waals surface area contributed by atoms with Gasteiger partial charge in [-0.15, -0.1) is 0 Å². The highest BCUT2D eigenvalue weighted by atomic mass is 79.9. The average molecular weight is 368 g/mol. The van der Waals surface area contributed by atoms with Crippen molar-refractivity contribution in [1.29, 1.82) is 0 Å². The highest BCUT2D eigenvalue weighted by Gasteiger charge is 2.55. The molecule has 6 heteroatoms. The standard InChI is InChI=1S/C16H18BrNO4/c1-22-9-4-2-8(3-5-9)6-11(16(20)21)10-7-12-13(17)14(10)18-15(12)19/h2-5,10-14H,6-7H2,1H3,(H,18,19)(H,20,21)/t10-,11?,12-,13+,14?/m0/s1. The maximum atomic E-state index is 11.7. The Morgan fingerprint density at radius 1 is 1.45 bits per heavy atom. The van der Waals surface area contributed by atoms with Crippen molar-refractivity contribution in [2.75, 3.05) is 7.11 Å². The summed E-state index contributed by atoms with van der Waals surface area (Å²) in [6.45, 7) is 0. The molecular formula is C16H18BrNO4. The summed E-state index contributed by atoms with van der Waals surface area (Å²) in [5.74, 6) is -0.647. The molecule has 1 aromatic rings. The third kappa shape index (κ3) is 2.60. The topological polar surface area (TPSA) is 75.6 Å². The summed E-state index contributed by atoms with van der Waals surface area (Å²) in [5.41, 5.74) is 0.966. The number of carbonyl (C=O) groups excluding carboxylic acids is 1. The van der Waals surface area contributed by atoms with E-state index in [4.69, 9.17) is 4.74 Å². The minimum absolute atomic E-state index is 0.0355. The maximum Gasteiger partial charge on any atom is 0.307 e. The largest absolute Gasteiger partial charge is 0.497 e.